The van der Waals surface area contributed by atoms with Crippen LogP contribution in [-0.2, 0) is 13.6 Å². The lowest BCUT2D eigenvalue weighted by atomic mass is 10.0. The number of rotatable bonds is 3. The number of hydrogen-bond donors (Lipinski definition) is 1. The number of aryl methyl sites for hydroxylation is 1. The average molecular weight is 222 g/mol. The normalized spacial score (nSPS) is 22.9. The van der Waals surface area contributed by atoms with Crippen molar-refractivity contribution in [3.63, 3.8) is 0 Å². The van der Waals surface area contributed by atoms with E-state index in [1.165, 1.54) is 0 Å². The van der Waals surface area contributed by atoms with E-state index in [1.54, 1.807) is 0 Å². The number of nitrogens with one attached hydrogen (secondary N) is 1. The molecule has 0 aromatic carbocycles. The Balaban J connectivity index is 2.04. The van der Waals surface area contributed by atoms with Crippen molar-refractivity contribution in [3.05, 3.63) is 18.2 Å². The molecule has 0 spiro atoms. The van der Waals surface area contributed by atoms with E-state index in [2.05, 4.69) is 40.7 Å². The van der Waals surface area contributed by atoms with Crippen LogP contribution in [0.15, 0.2) is 12.4 Å². The van der Waals surface area contributed by atoms with Crippen molar-refractivity contribution in [2.24, 2.45) is 13.0 Å². The Labute approximate surface area is 97.7 Å². The summed E-state index contributed by atoms with van der Waals surface area (Å²) < 4.78 is 2.11. The second kappa shape index (κ2) is 4.97. The van der Waals surface area contributed by atoms with Gasteiger partial charge in [0.2, 0.25) is 0 Å². The Morgan fingerprint density at radius 3 is 3.00 bits per heavy atom. The maximum atomic E-state index is 4.40. The van der Waals surface area contributed by atoms with Crippen molar-refractivity contribution >= 4 is 0 Å². The van der Waals surface area contributed by atoms with Crippen LogP contribution in [0.25, 0.3) is 0 Å². The highest BCUT2D eigenvalue weighted by molar-refractivity contribution is 4.93. The van der Waals surface area contributed by atoms with E-state index in [0.29, 0.717) is 12.0 Å². The van der Waals surface area contributed by atoms with Crippen LogP contribution in [0.1, 0.15) is 19.7 Å². The van der Waals surface area contributed by atoms with Gasteiger partial charge in [0.15, 0.2) is 0 Å². The fourth-order valence-electron chi connectivity index (χ4n) is 2.35. The van der Waals surface area contributed by atoms with E-state index >= 15 is 0 Å². The molecule has 0 amide bonds. The summed E-state index contributed by atoms with van der Waals surface area (Å²) in [4.78, 5) is 6.95. The molecule has 0 radical (unpaired) electrons. The monoisotopic (exact) mass is 222 g/mol. The lowest BCUT2D eigenvalue weighted by Crippen LogP contribution is -2.53. The minimum absolute atomic E-state index is 0.630. The predicted octanol–water partition coefficient (Wildman–Crippen LogP) is 0.850. The Bertz CT molecular complexity index is 332. The highest BCUT2D eigenvalue weighted by atomic mass is 15.2. The zero-order valence-corrected chi connectivity index (χ0v) is 10.5. The molecule has 0 bridgehead atoms. The van der Waals surface area contributed by atoms with E-state index in [4.69, 9.17) is 0 Å². The van der Waals surface area contributed by atoms with Gasteiger partial charge in [-0.2, -0.15) is 0 Å². The summed E-state index contributed by atoms with van der Waals surface area (Å²) in [6.45, 7) is 8.87. The molecule has 4 heteroatoms. The first-order valence-corrected chi connectivity index (χ1v) is 6.09. The van der Waals surface area contributed by atoms with Gasteiger partial charge < -0.3 is 9.88 Å². The van der Waals surface area contributed by atoms with Gasteiger partial charge in [0, 0.05) is 45.1 Å². The van der Waals surface area contributed by atoms with E-state index in [1.807, 2.05) is 12.4 Å². The molecule has 2 rings (SSSR count). The largest absolute Gasteiger partial charge is 0.337 e. The molecule has 1 N–H and O–H groups in total. The lowest BCUT2D eigenvalue weighted by molar-refractivity contribution is 0.113. The van der Waals surface area contributed by atoms with Gasteiger partial charge >= 0.3 is 0 Å². The molecule has 90 valence electrons. The summed E-state index contributed by atoms with van der Waals surface area (Å²) in [5.41, 5.74) is 0. The number of imidazole rings is 1. The predicted molar refractivity (Wildman–Crippen MR) is 65.1 cm³/mol. The first-order chi connectivity index (χ1) is 7.68. The topological polar surface area (TPSA) is 33.1 Å². The summed E-state index contributed by atoms with van der Waals surface area (Å²) in [6, 6.07) is 0.630. The van der Waals surface area contributed by atoms with Gasteiger partial charge in [0.25, 0.3) is 0 Å². The Morgan fingerprint density at radius 1 is 1.56 bits per heavy atom. The van der Waals surface area contributed by atoms with E-state index in [9.17, 15) is 0 Å². The molecule has 1 aliphatic rings. The van der Waals surface area contributed by atoms with Crippen LogP contribution in [0, 0.1) is 5.92 Å². The molecule has 1 fully saturated rings. The minimum Gasteiger partial charge on any atom is -0.337 e. The van der Waals surface area contributed by atoms with Crippen molar-refractivity contribution in [3.8, 4) is 0 Å². The molecule has 1 aliphatic heterocycles. The molecule has 1 aromatic rings. The molecule has 0 saturated carbocycles. The molecule has 1 unspecified atom stereocenters. The summed E-state index contributed by atoms with van der Waals surface area (Å²) in [5.74, 6) is 1.85. The smallest absolute Gasteiger partial charge is 0.122 e. The first kappa shape index (κ1) is 11.6. The Morgan fingerprint density at radius 2 is 2.38 bits per heavy atom. The minimum atomic E-state index is 0.630. The molecular formula is C12H22N4. The maximum absolute atomic E-state index is 4.40. The van der Waals surface area contributed by atoms with Crippen LogP contribution >= 0.6 is 0 Å². The first-order valence-electron chi connectivity index (χ1n) is 6.09. The van der Waals surface area contributed by atoms with Crippen LogP contribution in [0.3, 0.4) is 0 Å². The molecule has 1 aromatic heterocycles. The molecule has 1 saturated heterocycles. The second-order valence-electron chi connectivity index (χ2n) is 4.94. The lowest BCUT2D eigenvalue weighted by Gasteiger charge is -2.38. The third kappa shape index (κ3) is 2.44. The second-order valence-corrected chi connectivity index (χ2v) is 4.94. The van der Waals surface area contributed by atoms with E-state index in [0.717, 1.165) is 32.0 Å². The van der Waals surface area contributed by atoms with Crippen molar-refractivity contribution < 1.29 is 0 Å². The van der Waals surface area contributed by atoms with Crippen LogP contribution in [0.4, 0.5) is 0 Å². The molecule has 0 aliphatic carbocycles. The van der Waals surface area contributed by atoms with Crippen molar-refractivity contribution in [2.45, 2.75) is 26.4 Å². The zero-order valence-electron chi connectivity index (χ0n) is 10.5. The molecule has 16 heavy (non-hydrogen) atoms. The fraction of sp³-hybridized carbons (Fsp3) is 0.750. The van der Waals surface area contributed by atoms with Gasteiger partial charge in [0.05, 0.1) is 6.54 Å². The van der Waals surface area contributed by atoms with Gasteiger partial charge in [-0.15, -0.1) is 0 Å². The van der Waals surface area contributed by atoms with Gasteiger partial charge in [-0.1, -0.05) is 13.8 Å². The standard InChI is InChI=1S/C12H22N4/c1-10(2)11-8-13-4-7-16(11)9-12-14-5-6-15(12)3/h5-6,10-11,13H,4,7-9H2,1-3H3. The van der Waals surface area contributed by atoms with Crippen molar-refractivity contribution in [1.29, 1.82) is 0 Å². The van der Waals surface area contributed by atoms with Gasteiger partial charge in [0.1, 0.15) is 5.82 Å². The molecule has 1 atom stereocenters. The van der Waals surface area contributed by atoms with E-state index in [-0.39, 0.29) is 0 Å². The van der Waals surface area contributed by atoms with Crippen molar-refractivity contribution in [1.82, 2.24) is 19.8 Å². The maximum Gasteiger partial charge on any atom is 0.122 e. The summed E-state index contributed by atoms with van der Waals surface area (Å²) in [5, 5.41) is 3.47. The van der Waals surface area contributed by atoms with Gasteiger partial charge in [-0.25, -0.2) is 4.98 Å². The number of hydrogen-bond acceptors (Lipinski definition) is 3. The third-order valence-electron chi connectivity index (χ3n) is 3.43. The van der Waals surface area contributed by atoms with Crippen LogP contribution in [0.5, 0.6) is 0 Å². The molecule has 4 nitrogen and oxygen atoms in total. The summed E-state index contributed by atoms with van der Waals surface area (Å²) >= 11 is 0. The Hall–Kier alpha value is -0.870. The SMILES string of the molecule is CC(C)C1CNCCN1Cc1nccn1C. The highest BCUT2D eigenvalue weighted by Crippen LogP contribution is 2.15. The zero-order chi connectivity index (χ0) is 11.5. The fourth-order valence-corrected chi connectivity index (χ4v) is 2.35. The number of piperazine rings is 1. The highest BCUT2D eigenvalue weighted by Gasteiger charge is 2.25. The number of nitrogens with zero attached hydrogens (tertiary/aromatic N) is 3. The molecule has 2 heterocycles. The van der Waals surface area contributed by atoms with E-state index < -0.39 is 0 Å². The average Bonchev–Trinajstić information content (AvgIpc) is 2.65. The van der Waals surface area contributed by atoms with Crippen LogP contribution in [0.2, 0.25) is 0 Å². The summed E-state index contributed by atoms with van der Waals surface area (Å²) in [6.07, 6.45) is 3.89. The van der Waals surface area contributed by atoms with Crippen LogP contribution < -0.4 is 5.32 Å². The molecular weight excluding hydrogens is 200 g/mol. The van der Waals surface area contributed by atoms with Gasteiger partial charge in [-0.3, -0.25) is 4.90 Å². The quantitative estimate of drug-likeness (QED) is 0.823. The Kier molecular flexibility index (Phi) is 3.61. The van der Waals surface area contributed by atoms with Crippen LogP contribution in [-0.4, -0.2) is 40.1 Å². The number of aromatic nitrogens is 2. The van der Waals surface area contributed by atoms with Crippen molar-refractivity contribution in [2.75, 3.05) is 19.6 Å². The van der Waals surface area contributed by atoms with Gasteiger partial charge in [-0.05, 0) is 5.92 Å². The third-order valence-corrected chi connectivity index (χ3v) is 3.43. The summed E-state index contributed by atoms with van der Waals surface area (Å²) in [7, 11) is 2.06.